The molecule has 0 aromatic carbocycles. The van der Waals surface area contributed by atoms with E-state index < -0.39 is 0 Å². The molecule has 1 saturated heterocycles. The van der Waals surface area contributed by atoms with Crippen LogP contribution in [0.1, 0.15) is 90.4 Å². The van der Waals surface area contributed by atoms with Crippen molar-refractivity contribution in [1.29, 1.82) is 0 Å². The molecule has 0 aromatic rings. The van der Waals surface area contributed by atoms with Crippen molar-refractivity contribution in [3.8, 4) is 0 Å². The third-order valence-electron chi connectivity index (χ3n) is 8.83. The van der Waals surface area contributed by atoms with Crippen LogP contribution in [0.5, 0.6) is 0 Å². The Kier molecular flexibility index (Phi) is 10.9. The van der Waals surface area contributed by atoms with Crippen LogP contribution in [-0.4, -0.2) is 85.9 Å². The molecule has 0 bridgehead atoms. The Morgan fingerprint density at radius 2 is 1.58 bits per heavy atom. The zero-order valence-corrected chi connectivity index (χ0v) is 22.7. The number of hydrazine groups is 1. The lowest BCUT2D eigenvalue weighted by molar-refractivity contribution is -0.132. The Morgan fingerprint density at radius 1 is 0.917 bits per heavy atom. The van der Waals surface area contributed by atoms with Gasteiger partial charge in [0.1, 0.15) is 0 Å². The average Bonchev–Trinajstić information content (AvgIpc) is 3.32. The first-order valence-corrected chi connectivity index (χ1v) is 14.8. The Hall–Kier alpha value is -1.22. The maximum Gasteiger partial charge on any atom is 0.238 e. The average molecular weight is 507 g/mol. The molecular weight excluding hydrogens is 456 g/mol. The molecule has 0 aromatic heterocycles. The zero-order valence-electron chi connectivity index (χ0n) is 22.7. The molecule has 2 amide bonds. The minimum atomic E-state index is 0.0452. The summed E-state index contributed by atoms with van der Waals surface area (Å²) in [4.78, 5) is 27.3. The van der Waals surface area contributed by atoms with E-state index in [-0.39, 0.29) is 23.8 Å². The number of nitrogens with one attached hydrogen (secondary N) is 2. The van der Waals surface area contributed by atoms with Crippen LogP contribution in [0, 0.1) is 11.8 Å². The molecule has 0 radical (unpaired) electrons. The zero-order chi connectivity index (χ0) is 25.3. The van der Waals surface area contributed by atoms with Gasteiger partial charge in [0, 0.05) is 32.6 Å². The lowest BCUT2D eigenvalue weighted by Crippen LogP contribution is -2.44. The van der Waals surface area contributed by atoms with E-state index in [1.54, 1.807) is 4.90 Å². The van der Waals surface area contributed by atoms with Crippen molar-refractivity contribution in [3.63, 3.8) is 0 Å². The van der Waals surface area contributed by atoms with Gasteiger partial charge in [-0.1, -0.05) is 26.2 Å². The Bertz CT molecular complexity index is 685. The van der Waals surface area contributed by atoms with E-state index in [1.807, 2.05) is 12.1 Å². The predicted molar refractivity (Wildman–Crippen MR) is 140 cm³/mol. The van der Waals surface area contributed by atoms with Crippen molar-refractivity contribution in [2.45, 2.75) is 115 Å². The van der Waals surface area contributed by atoms with Crippen molar-refractivity contribution < 1.29 is 19.1 Å². The Labute approximate surface area is 218 Å². The van der Waals surface area contributed by atoms with Gasteiger partial charge in [-0.2, -0.15) is 0 Å². The minimum absolute atomic E-state index is 0.0452. The lowest BCUT2D eigenvalue weighted by atomic mass is 9.86. The van der Waals surface area contributed by atoms with Crippen molar-refractivity contribution in [1.82, 2.24) is 20.7 Å². The second kappa shape index (κ2) is 14.1. The van der Waals surface area contributed by atoms with Gasteiger partial charge in [0.2, 0.25) is 11.8 Å². The van der Waals surface area contributed by atoms with Gasteiger partial charge in [0.15, 0.2) is 0 Å². The lowest BCUT2D eigenvalue weighted by Gasteiger charge is -2.32. The molecule has 3 saturated carbocycles. The van der Waals surface area contributed by atoms with Gasteiger partial charge in [-0.05, 0) is 70.1 Å². The molecule has 1 unspecified atom stereocenters. The Morgan fingerprint density at radius 3 is 2.31 bits per heavy atom. The fourth-order valence-corrected chi connectivity index (χ4v) is 6.27. The van der Waals surface area contributed by atoms with Crippen LogP contribution in [0.4, 0.5) is 0 Å². The summed E-state index contributed by atoms with van der Waals surface area (Å²) in [7, 11) is 1.85. The molecule has 1 heterocycles. The minimum Gasteiger partial charge on any atom is -0.376 e. The molecule has 3 aliphatic carbocycles. The number of rotatable bonds is 10. The van der Waals surface area contributed by atoms with E-state index in [2.05, 4.69) is 17.7 Å². The van der Waals surface area contributed by atoms with Gasteiger partial charge in [-0.25, -0.2) is 5.01 Å². The largest absolute Gasteiger partial charge is 0.376 e. The first kappa shape index (κ1) is 27.8. The molecule has 206 valence electrons. The molecule has 1 aliphatic heterocycles. The van der Waals surface area contributed by atoms with Crippen LogP contribution in [-0.2, 0) is 19.1 Å². The molecule has 4 rings (SSSR count). The van der Waals surface area contributed by atoms with Crippen molar-refractivity contribution in [2.75, 3.05) is 39.8 Å². The number of hydrogen-bond donors (Lipinski definition) is 2. The van der Waals surface area contributed by atoms with Crippen molar-refractivity contribution in [2.24, 2.45) is 11.8 Å². The number of carbonyl (C=O) groups is 2. The van der Waals surface area contributed by atoms with Crippen LogP contribution < -0.4 is 10.7 Å². The quantitative estimate of drug-likeness (QED) is 0.473. The Balaban J connectivity index is 1.07. The first-order chi connectivity index (χ1) is 17.5. The molecular formula is C28H50N4O4. The fraction of sp³-hybridized carbons (Fsp3) is 0.929. The van der Waals surface area contributed by atoms with Crippen LogP contribution in [0.3, 0.4) is 0 Å². The van der Waals surface area contributed by atoms with E-state index in [0.29, 0.717) is 51.1 Å². The maximum absolute atomic E-state index is 12.9. The SMILES string of the molecule is CC1CCC(OCCN(C)C(=O)CN2CC(NC(=O)C3CCC(OC4CCCCC4)CC3)CN2)CC1. The number of amides is 2. The first-order valence-electron chi connectivity index (χ1n) is 14.8. The third-order valence-corrected chi connectivity index (χ3v) is 8.83. The summed E-state index contributed by atoms with van der Waals surface area (Å²) in [6, 6.07) is 0.0452. The van der Waals surface area contributed by atoms with Gasteiger partial charge in [-0.15, -0.1) is 0 Å². The molecule has 2 N–H and O–H groups in total. The summed E-state index contributed by atoms with van der Waals surface area (Å²) >= 11 is 0. The molecule has 0 spiro atoms. The van der Waals surface area contributed by atoms with Crippen LogP contribution in [0.15, 0.2) is 0 Å². The highest BCUT2D eigenvalue weighted by molar-refractivity contribution is 5.79. The highest BCUT2D eigenvalue weighted by Crippen LogP contribution is 2.30. The number of carbonyl (C=O) groups excluding carboxylic acids is 2. The summed E-state index contributed by atoms with van der Waals surface area (Å²) in [6.45, 7) is 5.17. The van der Waals surface area contributed by atoms with Crippen molar-refractivity contribution in [3.05, 3.63) is 0 Å². The number of ether oxygens (including phenoxy) is 2. The topological polar surface area (TPSA) is 83.1 Å². The maximum atomic E-state index is 12.9. The number of nitrogens with zero attached hydrogens (tertiary/aromatic N) is 2. The van der Waals surface area contributed by atoms with Gasteiger partial charge in [-0.3, -0.25) is 15.0 Å². The monoisotopic (exact) mass is 506 g/mol. The van der Waals surface area contributed by atoms with Crippen LogP contribution in [0.25, 0.3) is 0 Å². The molecule has 4 fully saturated rings. The van der Waals surface area contributed by atoms with E-state index in [0.717, 1.165) is 44.4 Å². The summed E-state index contributed by atoms with van der Waals surface area (Å²) < 4.78 is 12.3. The number of hydrogen-bond acceptors (Lipinski definition) is 6. The van der Waals surface area contributed by atoms with Gasteiger partial charge >= 0.3 is 0 Å². The highest BCUT2D eigenvalue weighted by atomic mass is 16.5. The summed E-state index contributed by atoms with van der Waals surface area (Å²) in [5.74, 6) is 1.14. The number of likely N-dealkylation sites (N-methyl/N-ethyl adjacent to an activating group) is 1. The van der Waals surface area contributed by atoms with E-state index in [9.17, 15) is 9.59 Å². The molecule has 8 nitrogen and oxygen atoms in total. The molecule has 1 atom stereocenters. The molecule has 8 heteroatoms. The second-order valence-corrected chi connectivity index (χ2v) is 11.9. The fourth-order valence-electron chi connectivity index (χ4n) is 6.27. The highest BCUT2D eigenvalue weighted by Gasteiger charge is 2.32. The van der Waals surface area contributed by atoms with E-state index in [4.69, 9.17) is 9.47 Å². The molecule has 36 heavy (non-hydrogen) atoms. The normalized spacial score (nSPS) is 32.3. The standard InChI is InChI=1S/C28H50N4O4/c1-21-8-12-24(13-9-21)35-17-16-31(2)27(33)20-32-19-23(18-29-32)30-28(34)22-10-14-26(15-11-22)36-25-6-4-3-5-7-25/h21-26,29H,3-20H2,1-2H3,(H,30,34). The van der Waals surface area contributed by atoms with E-state index in [1.165, 1.54) is 44.9 Å². The molecule has 4 aliphatic rings. The van der Waals surface area contributed by atoms with Crippen LogP contribution in [0.2, 0.25) is 0 Å². The third kappa shape index (κ3) is 8.67. The van der Waals surface area contributed by atoms with Crippen molar-refractivity contribution >= 4 is 11.8 Å². The summed E-state index contributed by atoms with van der Waals surface area (Å²) in [6.07, 6.45) is 16.1. The second-order valence-electron chi connectivity index (χ2n) is 11.9. The summed E-state index contributed by atoms with van der Waals surface area (Å²) in [5, 5.41) is 5.15. The van der Waals surface area contributed by atoms with Gasteiger partial charge < -0.3 is 19.7 Å². The predicted octanol–water partition coefficient (Wildman–Crippen LogP) is 3.25. The van der Waals surface area contributed by atoms with E-state index >= 15 is 0 Å². The smallest absolute Gasteiger partial charge is 0.238 e. The summed E-state index contributed by atoms with van der Waals surface area (Å²) in [5.41, 5.74) is 3.29. The van der Waals surface area contributed by atoms with Gasteiger partial charge in [0.25, 0.3) is 0 Å². The van der Waals surface area contributed by atoms with Gasteiger partial charge in [0.05, 0.1) is 37.5 Å². The van der Waals surface area contributed by atoms with Crippen LogP contribution >= 0.6 is 0 Å².